The third-order valence-corrected chi connectivity index (χ3v) is 7.48. The highest BCUT2D eigenvalue weighted by Crippen LogP contribution is 2.33. The fourth-order valence-corrected chi connectivity index (χ4v) is 5.83. The van der Waals surface area contributed by atoms with E-state index in [9.17, 15) is 21.6 Å². The molecule has 0 bridgehead atoms. The summed E-state index contributed by atoms with van der Waals surface area (Å²) in [6.45, 7) is 5.06. The molecule has 0 spiro atoms. The van der Waals surface area contributed by atoms with Gasteiger partial charge in [0.25, 0.3) is 0 Å². The first kappa shape index (κ1) is 19.7. The number of nitrogens with one attached hydrogen (secondary N) is 1. The SMILES string of the molecule is CCC(C)NS(=O)(=O)c1cc(N2C(=O)C(C)CS2(=O)=O)ccc1OC. The molecule has 1 amide bonds. The Bertz CT molecular complexity index is 879. The van der Waals surface area contributed by atoms with Crippen molar-refractivity contribution in [1.29, 1.82) is 0 Å². The number of hydrogen-bond acceptors (Lipinski definition) is 6. The summed E-state index contributed by atoms with van der Waals surface area (Å²) in [7, 11) is -6.45. The Hall–Kier alpha value is -1.65. The number of nitrogens with zero attached hydrogens (tertiary/aromatic N) is 1. The molecule has 2 rings (SSSR count). The van der Waals surface area contributed by atoms with Crippen LogP contribution in [-0.4, -0.2) is 41.6 Å². The first-order valence-electron chi connectivity index (χ1n) is 7.80. The van der Waals surface area contributed by atoms with Crippen molar-refractivity contribution < 1.29 is 26.4 Å². The van der Waals surface area contributed by atoms with Crippen molar-refractivity contribution in [1.82, 2.24) is 4.72 Å². The fraction of sp³-hybridized carbons (Fsp3) is 0.533. The van der Waals surface area contributed by atoms with Gasteiger partial charge in [-0.1, -0.05) is 13.8 Å². The van der Waals surface area contributed by atoms with Crippen molar-refractivity contribution in [3.63, 3.8) is 0 Å². The molecule has 2 atom stereocenters. The van der Waals surface area contributed by atoms with E-state index in [1.54, 1.807) is 6.92 Å². The predicted molar refractivity (Wildman–Crippen MR) is 93.5 cm³/mol. The van der Waals surface area contributed by atoms with Crippen LogP contribution >= 0.6 is 0 Å². The second-order valence-electron chi connectivity index (χ2n) is 6.05. The molecular weight excluding hydrogens is 368 g/mol. The minimum absolute atomic E-state index is 0.0142. The Morgan fingerprint density at radius 3 is 2.52 bits per heavy atom. The highest BCUT2D eigenvalue weighted by atomic mass is 32.2. The standard InChI is InChI=1S/C15H22N2O6S2/c1-5-11(3)16-25(21,22)14-8-12(6-7-13(14)23-4)17-15(18)10(2)9-24(17,19)20/h6-8,10-11,16H,5,9H2,1-4H3. The predicted octanol–water partition coefficient (Wildman–Crippen LogP) is 1.08. The summed E-state index contributed by atoms with van der Waals surface area (Å²) in [5.74, 6) is -1.49. The molecule has 1 aromatic rings. The molecule has 1 fully saturated rings. The lowest BCUT2D eigenvalue weighted by atomic mass is 10.2. The maximum atomic E-state index is 12.6. The molecule has 10 heteroatoms. The number of benzene rings is 1. The quantitative estimate of drug-likeness (QED) is 0.778. The number of carbonyl (C=O) groups excluding carboxylic acids is 1. The van der Waals surface area contributed by atoms with Crippen LogP contribution in [0, 0.1) is 5.92 Å². The number of ether oxygens (including phenoxy) is 1. The van der Waals surface area contributed by atoms with Crippen molar-refractivity contribution in [2.45, 2.75) is 38.1 Å². The van der Waals surface area contributed by atoms with Crippen LogP contribution in [0.1, 0.15) is 27.2 Å². The van der Waals surface area contributed by atoms with E-state index in [-0.39, 0.29) is 28.1 Å². The molecule has 2 unspecified atom stereocenters. The van der Waals surface area contributed by atoms with Gasteiger partial charge in [0.15, 0.2) is 0 Å². The highest BCUT2D eigenvalue weighted by Gasteiger charge is 2.42. The molecule has 0 saturated carbocycles. The summed E-state index contributed by atoms with van der Waals surface area (Å²) in [4.78, 5) is 12.0. The molecule has 25 heavy (non-hydrogen) atoms. The van der Waals surface area contributed by atoms with E-state index in [2.05, 4.69) is 4.72 Å². The van der Waals surface area contributed by atoms with Crippen molar-refractivity contribution in [3.8, 4) is 5.75 Å². The largest absolute Gasteiger partial charge is 0.495 e. The molecule has 8 nitrogen and oxygen atoms in total. The number of hydrogen-bond donors (Lipinski definition) is 1. The lowest BCUT2D eigenvalue weighted by Crippen LogP contribution is -2.33. The van der Waals surface area contributed by atoms with Crippen LogP contribution in [0.15, 0.2) is 23.1 Å². The zero-order chi connectivity index (χ0) is 19.0. The van der Waals surface area contributed by atoms with Gasteiger partial charge in [-0.3, -0.25) is 4.79 Å². The second kappa shape index (κ2) is 6.93. The number of methoxy groups -OCH3 is 1. The van der Waals surface area contributed by atoms with Crippen molar-refractivity contribution in [2.75, 3.05) is 17.2 Å². The Balaban J connectivity index is 2.57. The molecule has 1 aliphatic heterocycles. The molecule has 1 N–H and O–H groups in total. The van der Waals surface area contributed by atoms with E-state index < -0.39 is 31.9 Å². The third kappa shape index (κ3) is 3.80. The first-order valence-corrected chi connectivity index (χ1v) is 10.9. The summed E-state index contributed by atoms with van der Waals surface area (Å²) < 4.78 is 57.9. The summed E-state index contributed by atoms with van der Waals surface area (Å²) in [5.41, 5.74) is -0.0142. The summed E-state index contributed by atoms with van der Waals surface area (Å²) >= 11 is 0. The average molecular weight is 390 g/mol. The van der Waals surface area contributed by atoms with Crippen LogP contribution in [-0.2, 0) is 24.8 Å². The zero-order valence-electron chi connectivity index (χ0n) is 14.5. The van der Waals surface area contributed by atoms with E-state index in [0.29, 0.717) is 10.7 Å². The lowest BCUT2D eigenvalue weighted by Gasteiger charge is -2.19. The number of carbonyl (C=O) groups is 1. The van der Waals surface area contributed by atoms with Crippen molar-refractivity contribution >= 4 is 31.6 Å². The van der Waals surface area contributed by atoms with Gasteiger partial charge >= 0.3 is 0 Å². The molecule has 140 valence electrons. The maximum absolute atomic E-state index is 12.6. The summed E-state index contributed by atoms with van der Waals surface area (Å²) in [6, 6.07) is 3.54. The average Bonchev–Trinajstić information content (AvgIpc) is 2.73. The van der Waals surface area contributed by atoms with Crippen LogP contribution < -0.4 is 13.8 Å². The Morgan fingerprint density at radius 1 is 1.40 bits per heavy atom. The van der Waals surface area contributed by atoms with Crippen LogP contribution in [0.4, 0.5) is 5.69 Å². The summed E-state index contributed by atoms with van der Waals surface area (Å²) in [6.07, 6.45) is 0.581. The van der Waals surface area contributed by atoms with Crippen molar-refractivity contribution in [3.05, 3.63) is 18.2 Å². The molecule has 0 radical (unpaired) electrons. The zero-order valence-corrected chi connectivity index (χ0v) is 16.1. The van der Waals surface area contributed by atoms with Gasteiger partial charge in [0, 0.05) is 6.04 Å². The number of anilines is 1. The van der Waals surface area contributed by atoms with E-state index in [4.69, 9.17) is 4.74 Å². The van der Waals surface area contributed by atoms with E-state index >= 15 is 0 Å². The van der Waals surface area contributed by atoms with Gasteiger partial charge in [-0.15, -0.1) is 0 Å². The number of sulfonamides is 2. The number of amides is 1. The lowest BCUT2D eigenvalue weighted by molar-refractivity contribution is -0.119. The normalized spacial score (nSPS) is 21.4. The fourth-order valence-electron chi connectivity index (χ4n) is 2.50. The van der Waals surface area contributed by atoms with Gasteiger partial charge in [-0.2, -0.15) is 0 Å². The van der Waals surface area contributed by atoms with E-state index in [1.165, 1.54) is 26.2 Å². The Labute approximate surface area is 148 Å². The van der Waals surface area contributed by atoms with Gasteiger partial charge in [-0.25, -0.2) is 25.9 Å². The number of rotatable bonds is 6. The van der Waals surface area contributed by atoms with Crippen LogP contribution in [0.25, 0.3) is 0 Å². The topological polar surface area (TPSA) is 110 Å². The van der Waals surface area contributed by atoms with Crippen molar-refractivity contribution in [2.24, 2.45) is 5.92 Å². The minimum atomic E-state index is -3.94. The van der Waals surface area contributed by atoms with Gasteiger partial charge < -0.3 is 4.74 Å². The highest BCUT2D eigenvalue weighted by molar-refractivity contribution is 7.94. The van der Waals surface area contributed by atoms with Crippen LogP contribution in [0.2, 0.25) is 0 Å². The first-order chi connectivity index (χ1) is 11.5. The molecule has 1 heterocycles. The third-order valence-electron chi connectivity index (χ3n) is 4.00. The minimum Gasteiger partial charge on any atom is -0.495 e. The second-order valence-corrected chi connectivity index (χ2v) is 9.59. The maximum Gasteiger partial charge on any atom is 0.244 e. The molecular formula is C15H22N2O6S2. The smallest absolute Gasteiger partial charge is 0.244 e. The van der Waals surface area contributed by atoms with Gasteiger partial charge in [0.1, 0.15) is 10.6 Å². The van der Waals surface area contributed by atoms with Gasteiger partial charge in [-0.05, 0) is 31.5 Å². The molecule has 0 aromatic heterocycles. The Morgan fingerprint density at radius 2 is 2.04 bits per heavy atom. The summed E-state index contributed by atoms with van der Waals surface area (Å²) in [5, 5.41) is 0. The van der Waals surface area contributed by atoms with Crippen LogP contribution in [0.3, 0.4) is 0 Å². The Kier molecular flexibility index (Phi) is 5.45. The monoisotopic (exact) mass is 390 g/mol. The molecule has 1 saturated heterocycles. The van der Waals surface area contributed by atoms with Gasteiger partial charge in [0.2, 0.25) is 26.0 Å². The van der Waals surface area contributed by atoms with E-state index in [1.807, 2.05) is 6.92 Å². The molecule has 1 aliphatic rings. The molecule has 1 aromatic carbocycles. The van der Waals surface area contributed by atoms with Gasteiger partial charge in [0.05, 0.1) is 24.5 Å². The molecule has 0 aliphatic carbocycles. The van der Waals surface area contributed by atoms with E-state index in [0.717, 1.165) is 6.07 Å². The van der Waals surface area contributed by atoms with Crippen LogP contribution in [0.5, 0.6) is 5.75 Å².